The smallest absolute Gasteiger partial charge is 0.225 e. The molecule has 1 aliphatic rings. The minimum absolute atomic E-state index is 0.164. The van der Waals surface area contributed by atoms with Crippen LogP contribution >= 0.6 is 0 Å². The van der Waals surface area contributed by atoms with Crippen LogP contribution in [0, 0.1) is 5.41 Å². The zero-order valence-electron chi connectivity index (χ0n) is 12.6. The molecule has 0 spiro atoms. The van der Waals surface area contributed by atoms with Crippen molar-refractivity contribution < 1.29 is 4.43 Å². The van der Waals surface area contributed by atoms with Gasteiger partial charge in [-0.15, -0.1) is 0 Å². The lowest BCUT2D eigenvalue weighted by molar-refractivity contribution is 0.116. The van der Waals surface area contributed by atoms with Crippen LogP contribution in [0.3, 0.4) is 0 Å². The average molecular weight is 274 g/mol. The Morgan fingerprint density at radius 2 is 1.79 bits per heavy atom. The summed E-state index contributed by atoms with van der Waals surface area (Å²) in [6.45, 7) is 8.88. The first-order valence-corrected chi connectivity index (χ1v) is 9.66. The molecular weight excluding hydrogens is 248 g/mol. The molecule has 1 fully saturated rings. The number of allylic oxidation sites excluding steroid dienone is 1. The summed E-state index contributed by atoms with van der Waals surface area (Å²) >= 11 is 0. The van der Waals surface area contributed by atoms with Gasteiger partial charge in [-0.1, -0.05) is 69.7 Å². The molecule has 1 nitrogen and oxygen atoms in total. The number of benzene rings is 1. The van der Waals surface area contributed by atoms with Crippen molar-refractivity contribution in [2.24, 2.45) is 5.41 Å². The van der Waals surface area contributed by atoms with Crippen molar-refractivity contribution in [3.05, 3.63) is 42.5 Å². The molecule has 0 aliphatic carbocycles. The largest absolute Gasteiger partial charge is 0.406 e. The SMILES string of the molecule is C/C=C/C(O[Si]1(c2ccccc2)CCC1)C(C)(C)C. The van der Waals surface area contributed by atoms with Gasteiger partial charge < -0.3 is 4.43 Å². The highest BCUT2D eigenvalue weighted by Crippen LogP contribution is 2.37. The van der Waals surface area contributed by atoms with Gasteiger partial charge in [0.1, 0.15) is 0 Å². The van der Waals surface area contributed by atoms with Gasteiger partial charge in [-0.3, -0.25) is 0 Å². The zero-order valence-corrected chi connectivity index (χ0v) is 13.6. The van der Waals surface area contributed by atoms with E-state index in [1.165, 1.54) is 23.7 Å². The summed E-state index contributed by atoms with van der Waals surface area (Å²) in [6, 6.07) is 13.5. The van der Waals surface area contributed by atoms with E-state index in [4.69, 9.17) is 4.43 Å². The molecule has 1 aromatic carbocycles. The molecule has 0 saturated carbocycles. The molecule has 1 saturated heterocycles. The first-order valence-electron chi connectivity index (χ1n) is 7.34. The molecule has 1 aliphatic heterocycles. The standard InChI is InChI=1S/C17H26OSi/c1-5-10-16(17(2,3)4)18-19(13-9-14-19)15-11-7-6-8-12-15/h5-8,10-12,16H,9,13-14H2,1-4H3/b10-5+. The minimum atomic E-state index is -1.68. The van der Waals surface area contributed by atoms with Gasteiger partial charge in [0.05, 0.1) is 6.10 Å². The Labute approximate surface area is 118 Å². The van der Waals surface area contributed by atoms with Crippen molar-refractivity contribution in [3.63, 3.8) is 0 Å². The van der Waals surface area contributed by atoms with E-state index >= 15 is 0 Å². The van der Waals surface area contributed by atoms with Crippen LogP contribution in [0.5, 0.6) is 0 Å². The predicted octanol–water partition coefficient (Wildman–Crippen LogP) is 4.25. The van der Waals surface area contributed by atoms with E-state index in [2.05, 4.69) is 70.2 Å². The Balaban J connectivity index is 2.23. The molecule has 0 aromatic heterocycles. The molecule has 1 heterocycles. The third-order valence-corrected chi connectivity index (χ3v) is 8.45. The first-order chi connectivity index (χ1) is 8.98. The van der Waals surface area contributed by atoms with E-state index in [1.54, 1.807) is 0 Å². The summed E-state index contributed by atoms with van der Waals surface area (Å²) in [5, 5.41) is 1.47. The second-order valence-corrected chi connectivity index (χ2v) is 10.4. The van der Waals surface area contributed by atoms with E-state index in [1.807, 2.05) is 0 Å². The molecule has 1 unspecified atom stereocenters. The van der Waals surface area contributed by atoms with Crippen molar-refractivity contribution in [3.8, 4) is 0 Å². The number of hydrogen-bond donors (Lipinski definition) is 0. The molecule has 1 atom stereocenters. The summed E-state index contributed by atoms with van der Waals surface area (Å²) in [7, 11) is -1.68. The topological polar surface area (TPSA) is 9.23 Å². The van der Waals surface area contributed by atoms with E-state index < -0.39 is 8.32 Å². The summed E-state index contributed by atoms with van der Waals surface area (Å²) in [5.74, 6) is 0. The lowest BCUT2D eigenvalue weighted by atomic mass is 9.89. The van der Waals surface area contributed by atoms with Crippen LogP contribution in [0.25, 0.3) is 0 Å². The molecule has 19 heavy (non-hydrogen) atoms. The fourth-order valence-electron chi connectivity index (χ4n) is 2.64. The second-order valence-electron chi connectivity index (χ2n) is 6.64. The average Bonchev–Trinajstić information content (AvgIpc) is 2.32. The van der Waals surface area contributed by atoms with Gasteiger partial charge in [0.2, 0.25) is 8.32 Å². The molecule has 0 amide bonds. The Kier molecular flexibility index (Phi) is 4.31. The van der Waals surface area contributed by atoms with Crippen LogP contribution in [-0.4, -0.2) is 14.4 Å². The van der Waals surface area contributed by atoms with E-state index in [0.717, 1.165) is 0 Å². The maximum Gasteiger partial charge on any atom is 0.225 e. The first kappa shape index (κ1) is 14.5. The molecule has 1 aromatic rings. The van der Waals surface area contributed by atoms with Gasteiger partial charge in [-0.05, 0) is 29.6 Å². The van der Waals surface area contributed by atoms with Crippen LogP contribution in [-0.2, 0) is 4.43 Å². The van der Waals surface area contributed by atoms with Gasteiger partial charge >= 0.3 is 0 Å². The lowest BCUT2D eigenvalue weighted by Crippen LogP contribution is -2.58. The Morgan fingerprint density at radius 1 is 1.16 bits per heavy atom. The van der Waals surface area contributed by atoms with Crippen LogP contribution in [0.15, 0.2) is 42.5 Å². The number of rotatable bonds is 4. The molecular formula is C17H26OSi. The summed E-state index contributed by atoms with van der Waals surface area (Å²) < 4.78 is 6.72. The van der Waals surface area contributed by atoms with Crippen LogP contribution < -0.4 is 5.19 Å². The van der Waals surface area contributed by atoms with Crippen molar-refractivity contribution in [1.82, 2.24) is 0 Å². The Hall–Kier alpha value is -0.863. The van der Waals surface area contributed by atoms with Crippen LogP contribution in [0.1, 0.15) is 34.1 Å². The van der Waals surface area contributed by atoms with Crippen molar-refractivity contribution in [1.29, 1.82) is 0 Å². The highest BCUT2D eigenvalue weighted by Gasteiger charge is 2.46. The second kappa shape index (κ2) is 5.64. The quantitative estimate of drug-likeness (QED) is 0.589. The molecule has 0 N–H and O–H groups in total. The maximum atomic E-state index is 6.72. The Bertz CT molecular complexity index is 426. The van der Waals surface area contributed by atoms with Crippen molar-refractivity contribution >= 4 is 13.5 Å². The third kappa shape index (κ3) is 3.18. The minimum Gasteiger partial charge on any atom is -0.406 e. The molecule has 104 valence electrons. The molecule has 0 bridgehead atoms. The van der Waals surface area contributed by atoms with Crippen LogP contribution in [0.2, 0.25) is 12.1 Å². The van der Waals surface area contributed by atoms with Crippen LogP contribution in [0.4, 0.5) is 0 Å². The molecule has 2 heteroatoms. The summed E-state index contributed by atoms with van der Waals surface area (Å²) in [6.07, 6.45) is 5.91. The highest BCUT2D eigenvalue weighted by atomic mass is 28.4. The zero-order chi connectivity index (χ0) is 13.9. The molecule has 2 rings (SSSR count). The van der Waals surface area contributed by atoms with Gasteiger partial charge in [-0.2, -0.15) is 0 Å². The van der Waals surface area contributed by atoms with Gasteiger partial charge in [0.15, 0.2) is 0 Å². The van der Waals surface area contributed by atoms with Gasteiger partial charge in [0.25, 0.3) is 0 Å². The predicted molar refractivity (Wildman–Crippen MR) is 85.2 cm³/mol. The van der Waals surface area contributed by atoms with Gasteiger partial charge in [-0.25, -0.2) is 0 Å². The van der Waals surface area contributed by atoms with E-state index in [-0.39, 0.29) is 11.5 Å². The fourth-order valence-corrected chi connectivity index (χ4v) is 6.30. The van der Waals surface area contributed by atoms with Gasteiger partial charge in [0, 0.05) is 0 Å². The third-order valence-electron chi connectivity index (χ3n) is 4.03. The summed E-state index contributed by atoms with van der Waals surface area (Å²) in [5.41, 5.74) is 0.164. The Morgan fingerprint density at radius 3 is 2.21 bits per heavy atom. The van der Waals surface area contributed by atoms with Crippen molar-refractivity contribution in [2.45, 2.75) is 52.3 Å². The van der Waals surface area contributed by atoms with E-state index in [0.29, 0.717) is 0 Å². The fraction of sp³-hybridized carbons (Fsp3) is 0.529. The van der Waals surface area contributed by atoms with Crippen molar-refractivity contribution in [2.75, 3.05) is 0 Å². The van der Waals surface area contributed by atoms with E-state index in [9.17, 15) is 0 Å². The maximum absolute atomic E-state index is 6.72. The highest BCUT2D eigenvalue weighted by molar-refractivity contribution is 6.88. The summed E-state index contributed by atoms with van der Waals surface area (Å²) in [4.78, 5) is 0. The normalized spacial score (nSPS) is 20.2. The monoisotopic (exact) mass is 274 g/mol. The molecule has 0 radical (unpaired) electrons. The lowest BCUT2D eigenvalue weighted by Gasteiger charge is -2.44. The number of hydrogen-bond acceptors (Lipinski definition) is 1.